The molecule has 0 spiro atoms. The zero-order chi connectivity index (χ0) is 15.5. The van der Waals surface area contributed by atoms with Gasteiger partial charge < -0.3 is 15.1 Å². The van der Waals surface area contributed by atoms with Crippen LogP contribution in [-0.4, -0.2) is 62.1 Å². The molecule has 4 heteroatoms. The molecule has 0 bridgehead atoms. The average molecular weight is 294 g/mol. The zero-order valence-corrected chi connectivity index (χ0v) is 14.3. The third-order valence-corrected chi connectivity index (χ3v) is 3.92. The Morgan fingerprint density at radius 3 is 2.76 bits per heavy atom. The lowest BCUT2D eigenvalue weighted by atomic mass is 10.2. The van der Waals surface area contributed by atoms with Crippen molar-refractivity contribution in [3.8, 4) is 0 Å². The van der Waals surface area contributed by atoms with Gasteiger partial charge in [-0.25, -0.2) is 0 Å². The maximum atomic E-state index is 4.81. The van der Waals surface area contributed by atoms with Crippen molar-refractivity contribution in [1.29, 1.82) is 0 Å². The van der Waals surface area contributed by atoms with Gasteiger partial charge in [0.15, 0.2) is 5.96 Å². The van der Waals surface area contributed by atoms with E-state index in [1.54, 1.807) is 0 Å². The van der Waals surface area contributed by atoms with E-state index in [-0.39, 0.29) is 0 Å². The van der Waals surface area contributed by atoms with Crippen LogP contribution in [0.3, 0.4) is 0 Å². The molecule has 21 heavy (non-hydrogen) atoms. The van der Waals surface area contributed by atoms with Gasteiger partial charge in [0.05, 0.1) is 0 Å². The molecule has 1 N–H and O–H groups in total. The fourth-order valence-electron chi connectivity index (χ4n) is 2.75. The number of aliphatic imine (C=N–C) groups is 1. The Bertz CT molecular complexity index is 308. The zero-order valence-electron chi connectivity index (χ0n) is 14.3. The lowest BCUT2D eigenvalue weighted by Gasteiger charge is -2.23. The number of nitrogens with zero attached hydrogens (tertiary/aromatic N) is 3. The number of hydrogen-bond donors (Lipinski definition) is 1. The van der Waals surface area contributed by atoms with Crippen molar-refractivity contribution in [1.82, 2.24) is 15.1 Å². The van der Waals surface area contributed by atoms with Crippen LogP contribution in [-0.2, 0) is 0 Å². The summed E-state index contributed by atoms with van der Waals surface area (Å²) in [6, 6.07) is 0. The summed E-state index contributed by atoms with van der Waals surface area (Å²) in [4.78, 5) is 9.62. The molecule has 0 aliphatic carbocycles. The standard InChI is InChI=1S/C17H34N4/c1-5-7-8-11-20(4)17(18-6-2)19-14-16(3)15-21-12-9-10-13-21/h5,16H,1,6-15H2,2-4H3,(H,18,19). The van der Waals surface area contributed by atoms with Crippen LogP contribution < -0.4 is 5.32 Å². The minimum absolute atomic E-state index is 0.623. The van der Waals surface area contributed by atoms with Crippen LogP contribution in [0.5, 0.6) is 0 Å². The number of likely N-dealkylation sites (tertiary alicyclic amines) is 1. The second-order valence-corrected chi connectivity index (χ2v) is 6.16. The van der Waals surface area contributed by atoms with E-state index in [1.807, 2.05) is 6.08 Å². The van der Waals surface area contributed by atoms with E-state index in [1.165, 1.54) is 32.5 Å². The summed E-state index contributed by atoms with van der Waals surface area (Å²) in [6.07, 6.45) is 6.91. The topological polar surface area (TPSA) is 30.9 Å². The van der Waals surface area contributed by atoms with Crippen LogP contribution in [0.25, 0.3) is 0 Å². The Morgan fingerprint density at radius 1 is 1.43 bits per heavy atom. The first kappa shape index (κ1) is 18.0. The van der Waals surface area contributed by atoms with E-state index in [9.17, 15) is 0 Å². The minimum atomic E-state index is 0.623. The monoisotopic (exact) mass is 294 g/mol. The Labute approximate surface area is 131 Å². The van der Waals surface area contributed by atoms with E-state index in [0.29, 0.717) is 5.92 Å². The number of rotatable bonds is 9. The van der Waals surface area contributed by atoms with Crippen molar-refractivity contribution in [2.24, 2.45) is 10.9 Å². The summed E-state index contributed by atoms with van der Waals surface area (Å²) in [5.41, 5.74) is 0. The molecule has 0 aromatic carbocycles. The second kappa shape index (κ2) is 10.7. The number of nitrogens with one attached hydrogen (secondary N) is 1. The molecule has 1 unspecified atom stereocenters. The molecule has 0 saturated carbocycles. The van der Waals surface area contributed by atoms with Gasteiger partial charge in [-0.05, 0) is 51.6 Å². The predicted octanol–water partition coefficient (Wildman–Crippen LogP) is 2.58. The largest absolute Gasteiger partial charge is 0.357 e. The lowest BCUT2D eigenvalue weighted by molar-refractivity contribution is 0.291. The van der Waals surface area contributed by atoms with Crippen LogP contribution in [0.2, 0.25) is 0 Å². The molecule has 0 aromatic rings. The lowest BCUT2D eigenvalue weighted by Crippen LogP contribution is -2.40. The molecule has 1 atom stereocenters. The van der Waals surface area contributed by atoms with Gasteiger partial charge in [-0.2, -0.15) is 0 Å². The van der Waals surface area contributed by atoms with Gasteiger partial charge in [-0.3, -0.25) is 4.99 Å². The minimum Gasteiger partial charge on any atom is -0.357 e. The van der Waals surface area contributed by atoms with Crippen molar-refractivity contribution in [3.63, 3.8) is 0 Å². The van der Waals surface area contributed by atoms with Crippen LogP contribution in [0.15, 0.2) is 17.6 Å². The normalized spacial score (nSPS) is 17.8. The van der Waals surface area contributed by atoms with Crippen LogP contribution >= 0.6 is 0 Å². The molecule has 0 aromatic heterocycles. The van der Waals surface area contributed by atoms with Crippen LogP contribution in [0, 0.1) is 5.92 Å². The maximum absolute atomic E-state index is 4.81. The summed E-state index contributed by atoms with van der Waals surface area (Å²) < 4.78 is 0. The number of unbranched alkanes of at least 4 members (excludes halogenated alkanes) is 1. The summed E-state index contributed by atoms with van der Waals surface area (Å²) >= 11 is 0. The fraction of sp³-hybridized carbons (Fsp3) is 0.824. The van der Waals surface area contributed by atoms with E-state index in [4.69, 9.17) is 4.99 Å². The van der Waals surface area contributed by atoms with Crippen molar-refractivity contribution < 1.29 is 0 Å². The third kappa shape index (κ3) is 7.51. The first-order valence-electron chi connectivity index (χ1n) is 8.50. The van der Waals surface area contributed by atoms with Crippen molar-refractivity contribution in [3.05, 3.63) is 12.7 Å². The van der Waals surface area contributed by atoms with E-state index in [0.717, 1.165) is 38.4 Å². The fourth-order valence-corrected chi connectivity index (χ4v) is 2.75. The molecule has 122 valence electrons. The Hall–Kier alpha value is -1.03. The van der Waals surface area contributed by atoms with Gasteiger partial charge in [-0.1, -0.05) is 13.0 Å². The highest BCUT2D eigenvalue weighted by Gasteiger charge is 2.14. The number of guanidine groups is 1. The number of hydrogen-bond acceptors (Lipinski definition) is 2. The summed E-state index contributed by atoms with van der Waals surface area (Å²) in [6.45, 7) is 14.8. The first-order chi connectivity index (χ1) is 10.2. The second-order valence-electron chi connectivity index (χ2n) is 6.16. The highest BCUT2D eigenvalue weighted by Crippen LogP contribution is 2.10. The molecular weight excluding hydrogens is 260 g/mol. The summed E-state index contributed by atoms with van der Waals surface area (Å²) in [5, 5.41) is 3.39. The highest BCUT2D eigenvalue weighted by molar-refractivity contribution is 5.79. The highest BCUT2D eigenvalue weighted by atomic mass is 15.3. The maximum Gasteiger partial charge on any atom is 0.193 e. The Balaban J connectivity index is 2.39. The molecule has 1 saturated heterocycles. The molecule has 1 rings (SSSR count). The quantitative estimate of drug-likeness (QED) is 0.307. The molecule has 1 aliphatic heterocycles. The van der Waals surface area contributed by atoms with E-state index < -0.39 is 0 Å². The molecule has 4 nitrogen and oxygen atoms in total. The molecular formula is C17H34N4. The van der Waals surface area contributed by atoms with Gasteiger partial charge in [0.1, 0.15) is 0 Å². The molecule has 0 radical (unpaired) electrons. The van der Waals surface area contributed by atoms with Crippen molar-refractivity contribution >= 4 is 5.96 Å². The molecule has 1 fully saturated rings. The van der Waals surface area contributed by atoms with Crippen LogP contribution in [0.1, 0.15) is 39.5 Å². The van der Waals surface area contributed by atoms with Crippen LogP contribution in [0.4, 0.5) is 0 Å². The van der Waals surface area contributed by atoms with Gasteiger partial charge in [-0.15, -0.1) is 6.58 Å². The SMILES string of the molecule is C=CCCCN(C)C(=NCC(C)CN1CCCC1)NCC. The van der Waals surface area contributed by atoms with E-state index >= 15 is 0 Å². The van der Waals surface area contributed by atoms with Gasteiger partial charge in [0.25, 0.3) is 0 Å². The third-order valence-electron chi connectivity index (χ3n) is 3.92. The predicted molar refractivity (Wildman–Crippen MR) is 92.9 cm³/mol. The van der Waals surface area contributed by atoms with Crippen molar-refractivity contribution in [2.45, 2.75) is 39.5 Å². The summed E-state index contributed by atoms with van der Waals surface area (Å²) in [7, 11) is 2.12. The smallest absolute Gasteiger partial charge is 0.193 e. The molecule has 1 heterocycles. The first-order valence-corrected chi connectivity index (χ1v) is 8.50. The number of allylic oxidation sites excluding steroid dienone is 1. The van der Waals surface area contributed by atoms with Gasteiger partial charge >= 0.3 is 0 Å². The van der Waals surface area contributed by atoms with E-state index in [2.05, 4.69) is 42.6 Å². The van der Waals surface area contributed by atoms with Crippen molar-refractivity contribution in [2.75, 3.05) is 46.3 Å². The van der Waals surface area contributed by atoms with Gasteiger partial charge in [0.2, 0.25) is 0 Å². The molecule has 0 amide bonds. The van der Waals surface area contributed by atoms with Gasteiger partial charge in [0, 0.05) is 33.2 Å². The molecule has 1 aliphatic rings. The Kier molecular flexibility index (Phi) is 9.15. The Morgan fingerprint density at radius 2 is 2.14 bits per heavy atom. The summed E-state index contributed by atoms with van der Waals surface area (Å²) in [5.74, 6) is 1.66. The average Bonchev–Trinajstić information content (AvgIpc) is 2.96.